The Kier molecular flexibility index (Phi) is 2.83. The first-order valence-corrected chi connectivity index (χ1v) is 6.44. The molecule has 1 atom stereocenters. The lowest BCUT2D eigenvalue weighted by atomic mass is 10.1. The molecule has 0 aliphatic carbocycles. The third-order valence-corrected chi connectivity index (χ3v) is 3.44. The molecule has 19 heavy (non-hydrogen) atoms. The second kappa shape index (κ2) is 4.51. The van der Waals surface area contributed by atoms with E-state index in [0.29, 0.717) is 17.5 Å². The summed E-state index contributed by atoms with van der Waals surface area (Å²) in [6.07, 6.45) is 3.43. The minimum absolute atomic E-state index is 0.0723. The summed E-state index contributed by atoms with van der Waals surface area (Å²) in [5.74, 6) is 0. The highest BCUT2D eigenvalue weighted by Crippen LogP contribution is 2.13. The summed E-state index contributed by atoms with van der Waals surface area (Å²) in [5, 5.41) is 3.58. The molecule has 0 saturated heterocycles. The van der Waals surface area contributed by atoms with Crippen LogP contribution >= 0.6 is 0 Å². The predicted octanol–water partition coefficient (Wildman–Crippen LogP) is 1.46. The number of aromatic amines is 1. The standard InChI is InChI=1S/C14H16N4O/c1-2-10(15)7-9-8-16-18-13(9)17-12-6-4-3-5-11(12)14(18)19/h3-6,8,10,16H,2,7,15H2,1H3. The quantitative estimate of drug-likeness (QED) is 0.744. The van der Waals surface area contributed by atoms with Gasteiger partial charge in [-0.2, -0.15) is 0 Å². The van der Waals surface area contributed by atoms with E-state index < -0.39 is 0 Å². The Balaban J connectivity index is 2.26. The number of nitrogens with one attached hydrogen (secondary N) is 1. The van der Waals surface area contributed by atoms with E-state index in [-0.39, 0.29) is 11.6 Å². The van der Waals surface area contributed by atoms with Gasteiger partial charge in [0, 0.05) is 17.8 Å². The van der Waals surface area contributed by atoms with Gasteiger partial charge in [0.2, 0.25) is 0 Å². The van der Waals surface area contributed by atoms with Crippen molar-refractivity contribution in [3.8, 4) is 0 Å². The summed E-state index contributed by atoms with van der Waals surface area (Å²) in [6.45, 7) is 2.05. The molecule has 3 aromatic rings. The highest BCUT2D eigenvalue weighted by Gasteiger charge is 2.12. The molecule has 3 rings (SSSR count). The SMILES string of the molecule is CCC(N)Cc1c[nH]n2c(=O)c3ccccc3nc12. The van der Waals surface area contributed by atoms with Crippen LogP contribution < -0.4 is 11.3 Å². The van der Waals surface area contributed by atoms with Crippen LogP contribution in [0.4, 0.5) is 0 Å². The molecular weight excluding hydrogens is 240 g/mol. The lowest BCUT2D eigenvalue weighted by Gasteiger charge is -2.06. The average Bonchev–Trinajstić information content (AvgIpc) is 2.82. The molecule has 2 heterocycles. The molecule has 5 nitrogen and oxygen atoms in total. The van der Waals surface area contributed by atoms with Crippen molar-refractivity contribution < 1.29 is 0 Å². The summed E-state index contributed by atoms with van der Waals surface area (Å²) >= 11 is 0. The van der Waals surface area contributed by atoms with Crippen LogP contribution in [0.1, 0.15) is 18.9 Å². The monoisotopic (exact) mass is 256 g/mol. The number of benzene rings is 1. The maximum absolute atomic E-state index is 12.3. The van der Waals surface area contributed by atoms with Gasteiger partial charge >= 0.3 is 0 Å². The van der Waals surface area contributed by atoms with Gasteiger partial charge in [0.05, 0.1) is 10.9 Å². The summed E-state index contributed by atoms with van der Waals surface area (Å²) in [6, 6.07) is 7.45. The van der Waals surface area contributed by atoms with Gasteiger partial charge in [0.25, 0.3) is 5.56 Å². The molecule has 0 saturated carbocycles. The van der Waals surface area contributed by atoms with E-state index in [1.807, 2.05) is 24.4 Å². The first-order chi connectivity index (χ1) is 9.20. The van der Waals surface area contributed by atoms with Crippen LogP contribution in [-0.2, 0) is 6.42 Å². The highest BCUT2D eigenvalue weighted by molar-refractivity contribution is 5.79. The lowest BCUT2D eigenvalue weighted by Crippen LogP contribution is -2.21. The second-order valence-corrected chi connectivity index (χ2v) is 4.76. The van der Waals surface area contributed by atoms with Crippen molar-refractivity contribution in [3.05, 3.63) is 46.4 Å². The molecule has 0 aliphatic rings. The molecule has 0 spiro atoms. The maximum Gasteiger partial charge on any atom is 0.280 e. The molecule has 5 heteroatoms. The van der Waals surface area contributed by atoms with E-state index in [2.05, 4.69) is 17.0 Å². The first-order valence-electron chi connectivity index (χ1n) is 6.44. The van der Waals surface area contributed by atoms with Crippen LogP contribution in [0.3, 0.4) is 0 Å². The minimum atomic E-state index is -0.0723. The van der Waals surface area contributed by atoms with Crippen molar-refractivity contribution >= 4 is 16.6 Å². The Morgan fingerprint density at radius 1 is 1.42 bits per heavy atom. The van der Waals surface area contributed by atoms with Gasteiger partial charge in [-0.05, 0) is 25.0 Å². The number of aromatic nitrogens is 3. The van der Waals surface area contributed by atoms with Gasteiger partial charge in [0.15, 0.2) is 5.65 Å². The molecule has 2 aromatic heterocycles. The van der Waals surface area contributed by atoms with Gasteiger partial charge in [-0.3, -0.25) is 9.89 Å². The normalized spacial score (nSPS) is 13.2. The average molecular weight is 256 g/mol. The van der Waals surface area contributed by atoms with Crippen LogP contribution in [0, 0.1) is 0 Å². The number of rotatable bonds is 3. The number of hydrogen-bond donors (Lipinski definition) is 2. The topological polar surface area (TPSA) is 76.2 Å². The van der Waals surface area contributed by atoms with Crippen molar-refractivity contribution in [2.75, 3.05) is 0 Å². The van der Waals surface area contributed by atoms with E-state index in [1.165, 1.54) is 4.52 Å². The van der Waals surface area contributed by atoms with Crippen molar-refractivity contribution in [1.29, 1.82) is 0 Å². The molecule has 0 amide bonds. The summed E-state index contributed by atoms with van der Waals surface area (Å²) in [5.41, 5.74) is 8.28. The van der Waals surface area contributed by atoms with Crippen LogP contribution in [0.2, 0.25) is 0 Å². The van der Waals surface area contributed by atoms with Crippen LogP contribution in [0.25, 0.3) is 16.6 Å². The zero-order chi connectivity index (χ0) is 13.4. The number of nitrogens with two attached hydrogens (primary N) is 1. The molecule has 0 bridgehead atoms. The number of hydrogen-bond acceptors (Lipinski definition) is 3. The van der Waals surface area contributed by atoms with Gasteiger partial charge < -0.3 is 5.73 Å². The zero-order valence-electron chi connectivity index (χ0n) is 10.8. The minimum Gasteiger partial charge on any atom is -0.327 e. The molecule has 0 aliphatic heterocycles. The zero-order valence-corrected chi connectivity index (χ0v) is 10.8. The largest absolute Gasteiger partial charge is 0.327 e. The van der Waals surface area contributed by atoms with Crippen LogP contribution in [-0.4, -0.2) is 20.6 Å². The molecule has 1 unspecified atom stereocenters. The Labute approximate surface area is 110 Å². The van der Waals surface area contributed by atoms with E-state index in [9.17, 15) is 4.79 Å². The van der Waals surface area contributed by atoms with E-state index in [0.717, 1.165) is 17.5 Å². The van der Waals surface area contributed by atoms with Gasteiger partial charge in [-0.15, -0.1) is 0 Å². The van der Waals surface area contributed by atoms with Crippen LogP contribution in [0.5, 0.6) is 0 Å². The summed E-state index contributed by atoms with van der Waals surface area (Å²) in [7, 11) is 0. The van der Waals surface area contributed by atoms with E-state index >= 15 is 0 Å². The van der Waals surface area contributed by atoms with Crippen LogP contribution in [0.15, 0.2) is 35.3 Å². The smallest absolute Gasteiger partial charge is 0.280 e. The molecule has 0 radical (unpaired) electrons. The van der Waals surface area contributed by atoms with E-state index in [4.69, 9.17) is 5.73 Å². The Hall–Kier alpha value is -2.14. The molecular formula is C14H16N4O. The van der Waals surface area contributed by atoms with Crippen molar-refractivity contribution in [2.24, 2.45) is 5.73 Å². The third-order valence-electron chi connectivity index (χ3n) is 3.44. The molecule has 98 valence electrons. The van der Waals surface area contributed by atoms with E-state index in [1.54, 1.807) is 6.07 Å². The number of nitrogens with zero attached hydrogens (tertiary/aromatic N) is 2. The number of H-pyrrole nitrogens is 1. The predicted molar refractivity (Wildman–Crippen MR) is 75.3 cm³/mol. The Bertz CT molecular complexity index is 787. The van der Waals surface area contributed by atoms with Crippen molar-refractivity contribution in [1.82, 2.24) is 14.6 Å². The second-order valence-electron chi connectivity index (χ2n) is 4.76. The summed E-state index contributed by atoms with van der Waals surface area (Å²) in [4.78, 5) is 16.9. The Morgan fingerprint density at radius 3 is 3.00 bits per heavy atom. The van der Waals surface area contributed by atoms with Gasteiger partial charge in [-0.1, -0.05) is 19.1 Å². The molecule has 0 fully saturated rings. The number of para-hydroxylation sites is 1. The third kappa shape index (κ3) is 1.92. The van der Waals surface area contributed by atoms with Gasteiger partial charge in [0.1, 0.15) is 0 Å². The van der Waals surface area contributed by atoms with Crippen molar-refractivity contribution in [2.45, 2.75) is 25.8 Å². The van der Waals surface area contributed by atoms with Crippen molar-refractivity contribution in [3.63, 3.8) is 0 Å². The first kappa shape index (κ1) is 11.9. The molecule has 1 aromatic carbocycles. The fraction of sp³-hybridized carbons (Fsp3) is 0.286. The lowest BCUT2D eigenvalue weighted by molar-refractivity contribution is 0.648. The number of fused-ring (bicyclic) bond motifs is 2. The maximum atomic E-state index is 12.3. The highest BCUT2D eigenvalue weighted by atomic mass is 16.1. The fourth-order valence-corrected chi connectivity index (χ4v) is 2.25. The van der Waals surface area contributed by atoms with Gasteiger partial charge in [-0.25, -0.2) is 9.50 Å². The summed E-state index contributed by atoms with van der Waals surface area (Å²) < 4.78 is 1.49. The Morgan fingerprint density at radius 2 is 2.21 bits per heavy atom. The fourth-order valence-electron chi connectivity index (χ4n) is 2.25. The molecule has 3 N–H and O–H groups in total.